The molecule has 2 aliphatic carbocycles. The van der Waals surface area contributed by atoms with Gasteiger partial charge in [0.2, 0.25) is 0 Å². The minimum atomic E-state index is -5.11. The van der Waals surface area contributed by atoms with Crippen LogP contribution in [-0.4, -0.2) is 5.92 Å². The summed E-state index contributed by atoms with van der Waals surface area (Å²) < 4.78 is 0.117. The standard InChI is InChI=1S/2C27H35.C2H7Si.2ClH.Zr/c2*1-8-19(7)24-12-21-11-10-20(9-2)27(26(21)16-24)25-14-22(17(3)4)13-23(15-25)18(5)6;1-3-2;;;/h2*10-19H,8-9H2,1-7H3;3H,1-2H3;2*1H;/q;;;;;+2/p-2. The minimum absolute atomic E-state index is 0.0587. The Morgan fingerprint density at radius 2 is 0.817 bits per heavy atom. The van der Waals surface area contributed by atoms with Crippen LogP contribution in [0.25, 0.3) is 34.4 Å². The molecule has 0 aliphatic heterocycles. The maximum absolute atomic E-state index is 9.16. The summed E-state index contributed by atoms with van der Waals surface area (Å²) >= 11 is -5.11. The molecule has 0 nitrogen and oxygen atoms in total. The van der Waals surface area contributed by atoms with Crippen LogP contribution >= 0.6 is 17.0 Å². The van der Waals surface area contributed by atoms with Crippen molar-refractivity contribution in [3.8, 4) is 22.3 Å². The number of hydrogen-bond donors (Lipinski definition) is 0. The molecular weight excluding hydrogens is 863 g/mol. The van der Waals surface area contributed by atoms with Gasteiger partial charge in [-0.1, -0.05) is 0 Å². The molecular formula is C56H77Cl2SiZr. The second kappa shape index (κ2) is 18.3. The molecule has 4 aromatic rings. The van der Waals surface area contributed by atoms with Crippen LogP contribution in [0.5, 0.6) is 0 Å². The molecule has 4 heteroatoms. The van der Waals surface area contributed by atoms with Gasteiger partial charge in [-0.2, -0.15) is 0 Å². The van der Waals surface area contributed by atoms with Crippen LogP contribution in [0.3, 0.4) is 0 Å². The molecule has 0 aromatic heterocycles. The van der Waals surface area contributed by atoms with Crippen LogP contribution < -0.4 is 0 Å². The van der Waals surface area contributed by atoms with Crippen molar-refractivity contribution in [1.29, 1.82) is 0 Å². The van der Waals surface area contributed by atoms with Crippen LogP contribution in [0.1, 0.15) is 196 Å². The molecule has 0 N–H and O–H groups in total. The molecule has 0 spiro atoms. The monoisotopic (exact) mass is 937 g/mol. The molecule has 323 valence electrons. The van der Waals surface area contributed by atoms with Crippen molar-refractivity contribution in [3.63, 3.8) is 0 Å². The molecule has 0 saturated heterocycles. The Kier molecular flexibility index (Phi) is 14.5. The Morgan fingerprint density at radius 1 is 0.500 bits per heavy atom. The van der Waals surface area contributed by atoms with Crippen molar-refractivity contribution >= 4 is 35.1 Å². The normalized spacial score (nSPS) is 18.3. The molecule has 4 aromatic carbocycles. The first kappa shape index (κ1) is 47.5. The Balaban J connectivity index is 1.70. The van der Waals surface area contributed by atoms with Gasteiger partial charge < -0.3 is 0 Å². The van der Waals surface area contributed by atoms with E-state index in [1.165, 1.54) is 89.0 Å². The van der Waals surface area contributed by atoms with E-state index in [-0.39, 0.29) is 7.25 Å². The van der Waals surface area contributed by atoms with Gasteiger partial charge in [0.1, 0.15) is 0 Å². The zero-order chi connectivity index (χ0) is 44.2. The molecule has 60 heavy (non-hydrogen) atoms. The first-order valence-corrected chi connectivity index (χ1v) is 40.2. The van der Waals surface area contributed by atoms with Crippen LogP contribution in [0.2, 0.25) is 13.1 Å². The van der Waals surface area contributed by atoms with E-state index in [9.17, 15) is 0 Å². The molecule has 0 heterocycles. The topological polar surface area (TPSA) is 0 Å². The molecule has 0 saturated carbocycles. The number of fused-ring (bicyclic) bond motifs is 2. The summed E-state index contributed by atoms with van der Waals surface area (Å²) in [4.78, 5) is 0. The molecule has 6 rings (SSSR count). The number of halogens is 2. The van der Waals surface area contributed by atoms with E-state index in [2.05, 4.69) is 183 Å². The van der Waals surface area contributed by atoms with Gasteiger partial charge in [0.25, 0.3) is 0 Å². The summed E-state index contributed by atoms with van der Waals surface area (Å²) in [6, 6.07) is 24.7. The van der Waals surface area contributed by atoms with Crippen molar-refractivity contribution in [2.24, 2.45) is 11.8 Å². The van der Waals surface area contributed by atoms with Crippen LogP contribution in [-0.2, 0) is 28.4 Å². The fourth-order valence-electron chi connectivity index (χ4n) is 10.7. The molecule has 0 radical (unpaired) electrons. The Hall–Kier alpha value is -1.96. The quantitative estimate of drug-likeness (QED) is 0.104. The predicted octanol–water partition coefficient (Wildman–Crippen LogP) is 18.3. The third kappa shape index (κ3) is 8.18. The number of rotatable bonds is 15. The van der Waals surface area contributed by atoms with Crippen molar-refractivity contribution in [3.05, 3.63) is 127 Å². The van der Waals surface area contributed by atoms with Gasteiger partial charge in [-0.25, -0.2) is 0 Å². The molecule has 2 aliphatic rings. The summed E-state index contributed by atoms with van der Waals surface area (Å²) in [6.45, 7) is 37.9. The molecule has 4 unspecified atom stereocenters. The van der Waals surface area contributed by atoms with Gasteiger partial charge in [0.15, 0.2) is 0 Å². The Morgan fingerprint density at radius 3 is 1.07 bits per heavy atom. The average Bonchev–Trinajstić information content (AvgIpc) is 3.83. The third-order valence-corrected chi connectivity index (χ3v) is 66.8. The first-order valence-electron chi connectivity index (χ1n) is 23.9. The Labute approximate surface area is 375 Å². The van der Waals surface area contributed by atoms with E-state index in [0.29, 0.717) is 35.5 Å². The van der Waals surface area contributed by atoms with Crippen LogP contribution in [0.15, 0.2) is 71.8 Å². The zero-order valence-corrected chi connectivity index (χ0v) is 45.3. The summed E-state index contributed by atoms with van der Waals surface area (Å²) in [5.41, 5.74) is 22.6. The van der Waals surface area contributed by atoms with E-state index >= 15 is 0 Å². The first-order chi connectivity index (χ1) is 28.2. The molecule has 4 atom stereocenters. The fourth-order valence-corrected chi connectivity index (χ4v) is 41.9. The van der Waals surface area contributed by atoms with Gasteiger partial charge in [-0.3, -0.25) is 0 Å². The van der Waals surface area contributed by atoms with E-state index in [1.54, 1.807) is 0 Å². The predicted molar refractivity (Wildman–Crippen MR) is 270 cm³/mol. The van der Waals surface area contributed by atoms with Gasteiger partial charge in [-0.05, 0) is 0 Å². The third-order valence-electron chi connectivity index (χ3n) is 15.2. The van der Waals surface area contributed by atoms with Gasteiger partial charge in [0.05, 0.1) is 0 Å². The summed E-state index contributed by atoms with van der Waals surface area (Å²) in [6.07, 6.45) is 9.33. The SMILES string of the molecule is CCc1ccc2c(c1-c1cc(C(C)C)cc(C(C)C)c1)C=C(C(C)CC)[CH]2[Zr]([Cl])([Cl])([CH]1C(C(C)CC)=Cc2c1ccc(CC)c2-c1cc(C(C)C)cc(C(C)C)c1)[SiH](C)C. The van der Waals surface area contributed by atoms with Crippen molar-refractivity contribution in [2.75, 3.05) is 0 Å². The van der Waals surface area contributed by atoms with Gasteiger partial charge >= 0.3 is 379 Å². The summed E-state index contributed by atoms with van der Waals surface area (Å²) in [5, 5.41) is 0. The van der Waals surface area contributed by atoms with Gasteiger partial charge in [0, 0.05) is 0 Å². The van der Waals surface area contributed by atoms with Gasteiger partial charge in [-0.15, -0.1) is 0 Å². The zero-order valence-electron chi connectivity index (χ0n) is 40.2. The summed E-state index contributed by atoms with van der Waals surface area (Å²) in [5.74, 6) is 0.767. The summed E-state index contributed by atoms with van der Waals surface area (Å²) in [7, 11) is 18.3. The van der Waals surface area contributed by atoms with E-state index in [0.717, 1.165) is 25.7 Å². The number of benzene rings is 4. The van der Waals surface area contributed by atoms with Crippen molar-refractivity contribution in [1.82, 2.24) is 0 Å². The van der Waals surface area contributed by atoms with Crippen molar-refractivity contribution < 1.29 is 15.6 Å². The van der Waals surface area contributed by atoms with Crippen LogP contribution in [0, 0.1) is 11.8 Å². The van der Waals surface area contributed by atoms with Crippen molar-refractivity contribution in [2.45, 2.75) is 167 Å². The number of hydrogen-bond acceptors (Lipinski definition) is 0. The second-order valence-electron chi connectivity index (χ2n) is 20.5. The maximum atomic E-state index is 9.16. The Bertz CT molecular complexity index is 2090. The van der Waals surface area contributed by atoms with Crippen LogP contribution in [0.4, 0.5) is 0 Å². The average molecular weight is 940 g/mol. The van der Waals surface area contributed by atoms with E-state index in [4.69, 9.17) is 17.0 Å². The number of aryl methyl sites for hydroxylation is 2. The number of allylic oxidation sites excluding steroid dienone is 2. The molecule has 0 bridgehead atoms. The second-order valence-corrected chi connectivity index (χ2v) is 63.0. The molecule has 0 amide bonds. The fraction of sp³-hybridized carbons (Fsp3) is 0.500. The van der Waals surface area contributed by atoms with E-state index < -0.39 is 21.5 Å². The van der Waals surface area contributed by atoms with E-state index in [1.807, 2.05) is 0 Å². The molecule has 0 fully saturated rings.